The van der Waals surface area contributed by atoms with E-state index in [2.05, 4.69) is 10.3 Å². The van der Waals surface area contributed by atoms with E-state index >= 15 is 0 Å². The average Bonchev–Trinajstić information content (AvgIpc) is 2.64. The largest absolute Gasteiger partial charge is 0.439 e. The van der Waals surface area contributed by atoms with Crippen molar-refractivity contribution >= 4 is 29.1 Å². The van der Waals surface area contributed by atoms with Gasteiger partial charge in [0.15, 0.2) is 0 Å². The van der Waals surface area contributed by atoms with Gasteiger partial charge in [-0.15, -0.1) is 0 Å². The molecule has 0 bridgehead atoms. The Bertz CT molecular complexity index is 779. The van der Waals surface area contributed by atoms with Crippen LogP contribution in [0.1, 0.15) is 42.5 Å². The molecule has 1 amide bonds. The Morgan fingerprint density at radius 3 is 2.69 bits per heavy atom. The zero-order valence-corrected chi connectivity index (χ0v) is 15.6. The van der Waals surface area contributed by atoms with Gasteiger partial charge in [-0.25, -0.2) is 4.98 Å². The van der Waals surface area contributed by atoms with Crippen molar-refractivity contribution in [3.05, 3.63) is 52.1 Å². The summed E-state index contributed by atoms with van der Waals surface area (Å²) in [5.74, 6) is 0.369. The topological polar surface area (TPSA) is 71.5 Å². The summed E-state index contributed by atoms with van der Waals surface area (Å²) in [6.45, 7) is 0. The van der Waals surface area contributed by atoms with Gasteiger partial charge in [0.25, 0.3) is 5.91 Å². The van der Waals surface area contributed by atoms with Crippen LogP contribution in [0, 0.1) is 5.92 Å². The lowest BCUT2D eigenvalue weighted by atomic mass is 9.88. The van der Waals surface area contributed by atoms with Crippen LogP contribution in [0.15, 0.2) is 36.4 Å². The molecule has 7 heteroatoms. The molecule has 2 N–H and O–H groups in total. The number of nitrogens with zero attached hydrogens (tertiary/aromatic N) is 1. The van der Waals surface area contributed by atoms with Crippen LogP contribution in [-0.2, 0) is 0 Å². The van der Waals surface area contributed by atoms with Crippen LogP contribution in [-0.4, -0.2) is 22.2 Å². The zero-order chi connectivity index (χ0) is 18.5. The molecule has 1 aliphatic carbocycles. The molecule has 138 valence electrons. The number of hydrogen-bond acceptors (Lipinski definition) is 4. The Morgan fingerprint density at radius 2 is 1.96 bits per heavy atom. The van der Waals surface area contributed by atoms with E-state index in [-0.39, 0.29) is 16.5 Å². The van der Waals surface area contributed by atoms with Crippen molar-refractivity contribution in [2.75, 3.05) is 0 Å². The van der Waals surface area contributed by atoms with Crippen molar-refractivity contribution in [1.82, 2.24) is 10.3 Å². The Kier molecular flexibility index (Phi) is 6.35. The van der Waals surface area contributed by atoms with Gasteiger partial charge in [-0.2, -0.15) is 0 Å². The van der Waals surface area contributed by atoms with Crippen molar-refractivity contribution in [3.8, 4) is 11.6 Å². The number of pyridine rings is 1. The van der Waals surface area contributed by atoms with E-state index in [1.807, 2.05) is 0 Å². The maximum absolute atomic E-state index is 12.5. The highest BCUT2D eigenvalue weighted by Crippen LogP contribution is 2.28. The first-order valence-electron chi connectivity index (χ1n) is 8.62. The van der Waals surface area contributed by atoms with Crippen molar-refractivity contribution in [2.24, 2.45) is 5.92 Å². The molecule has 1 atom stereocenters. The number of aliphatic hydroxyl groups is 1. The number of aromatic nitrogens is 1. The normalized spacial score (nSPS) is 16.1. The van der Waals surface area contributed by atoms with E-state index in [0.29, 0.717) is 16.8 Å². The van der Waals surface area contributed by atoms with Gasteiger partial charge in [-0.1, -0.05) is 48.5 Å². The number of benzene rings is 1. The first-order valence-corrected chi connectivity index (χ1v) is 9.37. The number of halogens is 2. The minimum absolute atomic E-state index is 0.0848. The molecule has 0 saturated heterocycles. The maximum Gasteiger partial charge on any atom is 0.254 e. The lowest BCUT2D eigenvalue weighted by Gasteiger charge is -2.27. The molecule has 3 rings (SSSR count). The Hall–Kier alpha value is -1.82. The second-order valence-electron chi connectivity index (χ2n) is 6.36. The maximum atomic E-state index is 12.5. The minimum atomic E-state index is -0.877. The van der Waals surface area contributed by atoms with Crippen molar-refractivity contribution in [1.29, 1.82) is 0 Å². The lowest BCUT2D eigenvalue weighted by Crippen LogP contribution is -2.41. The quantitative estimate of drug-likeness (QED) is 0.563. The van der Waals surface area contributed by atoms with Crippen LogP contribution in [0.5, 0.6) is 11.6 Å². The van der Waals surface area contributed by atoms with Crippen LogP contribution in [0.25, 0.3) is 0 Å². The zero-order valence-electron chi connectivity index (χ0n) is 14.1. The summed E-state index contributed by atoms with van der Waals surface area (Å²) in [6.07, 6.45) is 4.29. The summed E-state index contributed by atoms with van der Waals surface area (Å²) in [7, 11) is 0. The predicted octanol–water partition coefficient (Wildman–Crippen LogP) is 4.81. The molecule has 0 radical (unpaired) electrons. The number of ether oxygens (including phenoxy) is 1. The molecule has 1 heterocycles. The molecule has 5 nitrogen and oxygen atoms in total. The lowest BCUT2D eigenvalue weighted by molar-refractivity contribution is 0.0463. The third-order valence-electron chi connectivity index (χ3n) is 4.47. The molecule has 1 aromatic carbocycles. The second kappa shape index (κ2) is 8.71. The third kappa shape index (κ3) is 4.87. The SMILES string of the molecule is O=C(NC(O)C1CCCCC1)c1cc(Oc2cccc(Cl)n2)ccc1Cl. The number of nitrogens with one attached hydrogen (secondary N) is 1. The number of aliphatic hydroxyl groups excluding tert-OH is 1. The second-order valence-corrected chi connectivity index (χ2v) is 7.15. The number of carbonyl (C=O) groups is 1. The molecule has 0 spiro atoms. The fourth-order valence-corrected chi connectivity index (χ4v) is 3.45. The van der Waals surface area contributed by atoms with Crippen molar-refractivity contribution in [2.45, 2.75) is 38.3 Å². The highest BCUT2D eigenvalue weighted by atomic mass is 35.5. The molecular formula is C19H20Cl2N2O3. The molecule has 2 aromatic rings. The standard InChI is InChI=1S/C19H20Cl2N2O3/c20-15-10-9-13(26-17-8-4-7-16(21)22-17)11-14(15)19(25)23-18(24)12-5-2-1-3-6-12/h4,7-12,18,24H,1-3,5-6H2,(H,23,25). The minimum Gasteiger partial charge on any atom is -0.439 e. The number of rotatable bonds is 5. The third-order valence-corrected chi connectivity index (χ3v) is 5.01. The van der Waals surface area contributed by atoms with Crippen LogP contribution in [0.2, 0.25) is 10.2 Å². The van der Waals surface area contributed by atoms with Crippen molar-refractivity contribution < 1.29 is 14.6 Å². The molecule has 1 saturated carbocycles. The highest BCUT2D eigenvalue weighted by Gasteiger charge is 2.24. The summed E-state index contributed by atoms with van der Waals surface area (Å²) < 4.78 is 5.63. The van der Waals surface area contributed by atoms with Gasteiger partial charge >= 0.3 is 0 Å². The van der Waals surface area contributed by atoms with E-state index in [1.54, 1.807) is 30.3 Å². The Labute approximate surface area is 162 Å². The van der Waals surface area contributed by atoms with Crippen LogP contribution < -0.4 is 10.1 Å². The van der Waals surface area contributed by atoms with Gasteiger partial charge in [0.1, 0.15) is 17.1 Å². The van der Waals surface area contributed by atoms with Gasteiger partial charge < -0.3 is 15.2 Å². The summed E-state index contributed by atoms with van der Waals surface area (Å²) >= 11 is 12.0. The van der Waals surface area contributed by atoms with E-state index in [4.69, 9.17) is 27.9 Å². The average molecular weight is 395 g/mol. The summed E-state index contributed by atoms with van der Waals surface area (Å²) in [5.41, 5.74) is 0.237. The Morgan fingerprint density at radius 1 is 1.19 bits per heavy atom. The summed E-state index contributed by atoms with van der Waals surface area (Å²) in [6, 6.07) is 9.75. The fraction of sp³-hybridized carbons (Fsp3) is 0.368. The van der Waals surface area contributed by atoms with E-state index in [9.17, 15) is 9.90 Å². The van der Waals surface area contributed by atoms with Gasteiger partial charge in [0.05, 0.1) is 10.6 Å². The van der Waals surface area contributed by atoms with E-state index < -0.39 is 12.1 Å². The molecule has 1 fully saturated rings. The van der Waals surface area contributed by atoms with Crippen LogP contribution in [0.4, 0.5) is 0 Å². The number of amides is 1. The molecule has 1 unspecified atom stereocenters. The smallest absolute Gasteiger partial charge is 0.254 e. The first-order chi connectivity index (χ1) is 12.5. The number of hydrogen-bond donors (Lipinski definition) is 2. The van der Waals surface area contributed by atoms with Gasteiger partial charge in [0, 0.05) is 12.0 Å². The van der Waals surface area contributed by atoms with E-state index in [0.717, 1.165) is 25.7 Å². The van der Waals surface area contributed by atoms with Gasteiger partial charge in [-0.3, -0.25) is 4.79 Å². The first kappa shape index (κ1) is 19.0. The van der Waals surface area contributed by atoms with E-state index in [1.165, 1.54) is 12.5 Å². The van der Waals surface area contributed by atoms with Crippen LogP contribution >= 0.6 is 23.2 Å². The van der Waals surface area contributed by atoms with Crippen LogP contribution in [0.3, 0.4) is 0 Å². The Balaban J connectivity index is 1.71. The summed E-state index contributed by atoms with van der Waals surface area (Å²) in [4.78, 5) is 16.6. The van der Waals surface area contributed by atoms with Gasteiger partial charge in [0.2, 0.25) is 5.88 Å². The molecule has 1 aliphatic rings. The predicted molar refractivity (Wildman–Crippen MR) is 101 cm³/mol. The van der Waals surface area contributed by atoms with Crippen molar-refractivity contribution in [3.63, 3.8) is 0 Å². The monoisotopic (exact) mass is 394 g/mol. The molecule has 26 heavy (non-hydrogen) atoms. The molecule has 0 aliphatic heterocycles. The summed E-state index contributed by atoms with van der Waals surface area (Å²) in [5, 5.41) is 13.5. The van der Waals surface area contributed by atoms with Gasteiger partial charge in [-0.05, 0) is 37.1 Å². The highest BCUT2D eigenvalue weighted by molar-refractivity contribution is 6.33. The molecular weight excluding hydrogens is 375 g/mol. The number of carbonyl (C=O) groups excluding carboxylic acids is 1. The fourth-order valence-electron chi connectivity index (χ4n) is 3.09. The molecule has 1 aromatic heterocycles.